The molecular weight excluding hydrogens is 188 g/mol. The lowest BCUT2D eigenvalue weighted by molar-refractivity contribution is 0.0775. The van der Waals surface area contributed by atoms with Crippen LogP contribution in [0.1, 0.15) is 24.2 Å². The largest absolute Gasteiger partial charge is 0.381 e. The summed E-state index contributed by atoms with van der Waals surface area (Å²) < 4.78 is 5.32. The molecule has 0 aromatic carbocycles. The number of hydrogen-bond donors (Lipinski definition) is 1. The van der Waals surface area contributed by atoms with Gasteiger partial charge in [0.15, 0.2) is 0 Å². The Morgan fingerprint density at radius 1 is 1.40 bits per heavy atom. The molecule has 15 heavy (non-hydrogen) atoms. The molecule has 82 valence electrons. The molecule has 1 aliphatic heterocycles. The van der Waals surface area contributed by atoms with Gasteiger partial charge in [-0.25, -0.2) is 0 Å². The van der Waals surface area contributed by atoms with E-state index >= 15 is 0 Å². The van der Waals surface area contributed by atoms with Crippen molar-refractivity contribution in [2.24, 2.45) is 0 Å². The maximum atomic E-state index is 5.32. The SMILES string of the molecule is Cc1cccc(CNC2CCOCC2)n1. The van der Waals surface area contributed by atoms with E-state index in [1.165, 1.54) is 0 Å². The van der Waals surface area contributed by atoms with E-state index in [1.807, 2.05) is 13.0 Å². The van der Waals surface area contributed by atoms with Gasteiger partial charge in [-0.15, -0.1) is 0 Å². The highest BCUT2D eigenvalue weighted by Gasteiger charge is 2.12. The third-order valence-corrected chi connectivity index (χ3v) is 2.74. The Morgan fingerprint density at radius 3 is 2.93 bits per heavy atom. The molecule has 1 aromatic heterocycles. The summed E-state index contributed by atoms with van der Waals surface area (Å²) in [4.78, 5) is 4.46. The minimum absolute atomic E-state index is 0.598. The molecule has 3 heteroatoms. The minimum Gasteiger partial charge on any atom is -0.381 e. The van der Waals surface area contributed by atoms with E-state index in [2.05, 4.69) is 22.4 Å². The van der Waals surface area contributed by atoms with Gasteiger partial charge < -0.3 is 10.1 Å². The third-order valence-electron chi connectivity index (χ3n) is 2.74. The molecule has 0 bridgehead atoms. The molecule has 0 unspecified atom stereocenters. The van der Waals surface area contributed by atoms with E-state index in [9.17, 15) is 0 Å². The maximum absolute atomic E-state index is 5.32. The summed E-state index contributed by atoms with van der Waals surface area (Å²) >= 11 is 0. The van der Waals surface area contributed by atoms with E-state index in [0.717, 1.165) is 44.0 Å². The average molecular weight is 206 g/mol. The standard InChI is InChI=1S/C12H18N2O/c1-10-3-2-4-12(14-10)9-13-11-5-7-15-8-6-11/h2-4,11,13H,5-9H2,1H3. The first kappa shape index (κ1) is 10.6. The van der Waals surface area contributed by atoms with Gasteiger partial charge in [0.2, 0.25) is 0 Å². The predicted molar refractivity (Wildman–Crippen MR) is 59.7 cm³/mol. The molecule has 2 rings (SSSR count). The number of aromatic nitrogens is 1. The van der Waals surface area contributed by atoms with Crippen molar-refractivity contribution in [3.63, 3.8) is 0 Å². The summed E-state index contributed by atoms with van der Waals surface area (Å²) in [7, 11) is 0. The molecule has 0 aliphatic carbocycles. The van der Waals surface area contributed by atoms with Gasteiger partial charge in [-0.3, -0.25) is 4.98 Å². The molecule has 1 N–H and O–H groups in total. The van der Waals surface area contributed by atoms with Crippen molar-refractivity contribution in [3.8, 4) is 0 Å². The van der Waals surface area contributed by atoms with Gasteiger partial charge in [-0.1, -0.05) is 6.07 Å². The Bertz CT molecular complexity index is 308. The first-order chi connectivity index (χ1) is 7.34. The van der Waals surface area contributed by atoms with Gasteiger partial charge in [-0.05, 0) is 31.9 Å². The number of aryl methyl sites for hydroxylation is 1. The van der Waals surface area contributed by atoms with Gasteiger partial charge in [0.1, 0.15) is 0 Å². The Kier molecular flexibility index (Phi) is 3.69. The van der Waals surface area contributed by atoms with Crippen LogP contribution in [-0.2, 0) is 11.3 Å². The van der Waals surface area contributed by atoms with Crippen LogP contribution < -0.4 is 5.32 Å². The molecule has 0 atom stereocenters. The second kappa shape index (κ2) is 5.24. The smallest absolute Gasteiger partial charge is 0.0544 e. The molecule has 1 aromatic rings. The van der Waals surface area contributed by atoms with E-state index in [0.29, 0.717) is 6.04 Å². The second-order valence-corrected chi connectivity index (χ2v) is 4.04. The monoisotopic (exact) mass is 206 g/mol. The fourth-order valence-corrected chi connectivity index (χ4v) is 1.85. The second-order valence-electron chi connectivity index (χ2n) is 4.04. The molecule has 1 aliphatic rings. The van der Waals surface area contributed by atoms with Crippen LogP contribution in [0.5, 0.6) is 0 Å². The molecule has 0 radical (unpaired) electrons. The van der Waals surface area contributed by atoms with E-state index in [-0.39, 0.29) is 0 Å². The molecule has 1 saturated heterocycles. The predicted octanol–water partition coefficient (Wildman–Crippen LogP) is 1.66. The number of hydrogen-bond acceptors (Lipinski definition) is 3. The van der Waals surface area contributed by atoms with E-state index < -0.39 is 0 Å². The first-order valence-electron chi connectivity index (χ1n) is 5.58. The van der Waals surface area contributed by atoms with Crippen molar-refractivity contribution >= 4 is 0 Å². The average Bonchev–Trinajstić information content (AvgIpc) is 2.28. The normalized spacial score (nSPS) is 17.9. The molecule has 0 saturated carbocycles. The van der Waals surface area contributed by atoms with Gasteiger partial charge in [-0.2, -0.15) is 0 Å². The van der Waals surface area contributed by atoms with E-state index in [1.54, 1.807) is 0 Å². The van der Waals surface area contributed by atoms with Crippen LogP contribution in [0.15, 0.2) is 18.2 Å². The van der Waals surface area contributed by atoms with Crippen LogP contribution in [-0.4, -0.2) is 24.2 Å². The van der Waals surface area contributed by atoms with Crippen LogP contribution >= 0.6 is 0 Å². The van der Waals surface area contributed by atoms with Crippen LogP contribution in [0.4, 0.5) is 0 Å². The summed E-state index contributed by atoms with van der Waals surface area (Å²) in [5.74, 6) is 0. The number of nitrogens with one attached hydrogen (secondary N) is 1. The van der Waals surface area contributed by atoms with Crippen molar-refractivity contribution in [3.05, 3.63) is 29.6 Å². The molecule has 1 fully saturated rings. The van der Waals surface area contributed by atoms with Gasteiger partial charge >= 0.3 is 0 Å². The van der Waals surface area contributed by atoms with E-state index in [4.69, 9.17) is 4.74 Å². The highest BCUT2D eigenvalue weighted by Crippen LogP contribution is 2.07. The number of ether oxygens (including phenoxy) is 1. The lowest BCUT2D eigenvalue weighted by Crippen LogP contribution is -2.34. The van der Waals surface area contributed by atoms with Crippen LogP contribution in [0.25, 0.3) is 0 Å². The van der Waals surface area contributed by atoms with Crippen molar-refractivity contribution in [2.75, 3.05) is 13.2 Å². The lowest BCUT2D eigenvalue weighted by atomic mass is 10.1. The van der Waals surface area contributed by atoms with Crippen LogP contribution in [0, 0.1) is 6.92 Å². The van der Waals surface area contributed by atoms with Crippen molar-refractivity contribution in [1.82, 2.24) is 10.3 Å². The van der Waals surface area contributed by atoms with Crippen molar-refractivity contribution in [1.29, 1.82) is 0 Å². The Balaban J connectivity index is 1.81. The summed E-state index contributed by atoms with van der Waals surface area (Å²) in [5.41, 5.74) is 2.21. The Morgan fingerprint density at radius 2 is 2.20 bits per heavy atom. The van der Waals surface area contributed by atoms with Gasteiger partial charge in [0, 0.05) is 31.5 Å². The molecule has 0 amide bonds. The number of pyridine rings is 1. The molecule has 2 heterocycles. The summed E-state index contributed by atoms with van der Waals surface area (Å²) in [6, 6.07) is 6.75. The highest BCUT2D eigenvalue weighted by atomic mass is 16.5. The molecule has 3 nitrogen and oxygen atoms in total. The number of rotatable bonds is 3. The highest BCUT2D eigenvalue weighted by molar-refractivity contribution is 5.09. The Hall–Kier alpha value is -0.930. The zero-order valence-electron chi connectivity index (χ0n) is 9.20. The minimum atomic E-state index is 0.598. The first-order valence-corrected chi connectivity index (χ1v) is 5.58. The summed E-state index contributed by atoms with van der Waals surface area (Å²) in [6.45, 7) is 4.67. The zero-order chi connectivity index (χ0) is 10.5. The van der Waals surface area contributed by atoms with Crippen molar-refractivity contribution in [2.45, 2.75) is 32.4 Å². The fourth-order valence-electron chi connectivity index (χ4n) is 1.85. The lowest BCUT2D eigenvalue weighted by Gasteiger charge is -2.23. The molecular formula is C12H18N2O. The quantitative estimate of drug-likeness (QED) is 0.816. The summed E-state index contributed by atoms with van der Waals surface area (Å²) in [5, 5.41) is 3.52. The fraction of sp³-hybridized carbons (Fsp3) is 0.583. The summed E-state index contributed by atoms with van der Waals surface area (Å²) in [6.07, 6.45) is 2.23. The van der Waals surface area contributed by atoms with Gasteiger partial charge in [0.05, 0.1) is 5.69 Å². The Labute approximate surface area is 90.9 Å². The van der Waals surface area contributed by atoms with Crippen molar-refractivity contribution < 1.29 is 4.74 Å². The number of nitrogens with zero attached hydrogens (tertiary/aromatic N) is 1. The van der Waals surface area contributed by atoms with Crippen LogP contribution in [0.3, 0.4) is 0 Å². The molecule has 0 spiro atoms. The zero-order valence-corrected chi connectivity index (χ0v) is 9.20. The maximum Gasteiger partial charge on any atom is 0.0544 e. The van der Waals surface area contributed by atoms with Crippen LogP contribution in [0.2, 0.25) is 0 Å². The topological polar surface area (TPSA) is 34.1 Å². The third kappa shape index (κ3) is 3.29. The van der Waals surface area contributed by atoms with Gasteiger partial charge in [0.25, 0.3) is 0 Å².